The summed E-state index contributed by atoms with van der Waals surface area (Å²) in [6.07, 6.45) is 3.45. The van der Waals surface area contributed by atoms with Crippen LogP contribution in [0.2, 0.25) is 0 Å². The standard InChI is InChI=1S/C22H28O8/c1-12-5-6-17(28-15(4)25)13(2)10-19-20(14(3)21(26)29-19)18(9-12)30-22(27)16(11-24)7-8-23/h5,7,10,17-20,23-24H,3,6,8-9,11H2,1-2,4H3/b12-5+,13-10+,16-7?. The van der Waals surface area contributed by atoms with E-state index < -0.39 is 55.4 Å². The van der Waals surface area contributed by atoms with Crippen LogP contribution < -0.4 is 0 Å². The molecule has 1 aliphatic carbocycles. The average molecular weight is 420 g/mol. The second-order valence-electron chi connectivity index (χ2n) is 7.43. The van der Waals surface area contributed by atoms with Crippen LogP contribution in [-0.4, -0.2) is 59.6 Å². The van der Waals surface area contributed by atoms with Gasteiger partial charge in [-0.3, -0.25) is 4.79 Å². The lowest BCUT2D eigenvalue weighted by Crippen LogP contribution is -2.34. The lowest BCUT2D eigenvalue weighted by molar-refractivity contribution is -0.148. The van der Waals surface area contributed by atoms with Crippen molar-refractivity contribution >= 4 is 17.9 Å². The van der Waals surface area contributed by atoms with Crippen molar-refractivity contribution in [1.82, 2.24) is 0 Å². The number of fused-ring (bicyclic) bond motifs is 1. The van der Waals surface area contributed by atoms with Crippen LogP contribution in [0.3, 0.4) is 0 Å². The molecule has 1 saturated heterocycles. The average Bonchev–Trinajstić information content (AvgIpc) is 2.94. The number of aliphatic hydroxyl groups is 2. The zero-order chi connectivity index (χ0) is 22.4. The summed E-state index contributed by atoms with van der Waals surface area (Å²) < 4.78 is 16.5. The molecule has 0 aromatic heterocycles. The quantitative estimate of drug-likeness (QED) is 0.297. The molecule has 1 fully saturated rings. The Kier molecular flexibility index (Phi) is 8.14. The van der Waals surface area contributed by atoms with Gasteiger partial charge in [-0.2, -0.15) is 0 Å². The Morgan fingerprint density at radius 2 is 2.00 bits per heavy atom. The molecule has 2 rings (SSSR count). The predicted octanol–water partition coefficient (Wildman–Crippen LogP) is 1.53. The van der Waals surface area contributed by atoms with Gasteiger partial charge < -0.3 is 24.4 Å². The summed E-state index contributed by atoms with van der Waals surface area (Å²) in [6.45, 7) is 7.76. The van der Waals surface area contributed by atoms with Crippen molar-refractivity contribution in [2.45, 2.75) is 51.9 Å². The minimum absolute atomic E-state index is 0.0784. The monoisotopic (exact) mass is 420 g/mol. The molecule has 0 amide bonds. The van der Waals surface area contributed by atoms with Gasteiger partial charge in [0.1, 0.15) is 18.3 Å². The summed E-state index contributed by atoms with van der Waals surface area (Å²) in [4.78, 5) is 36.2. The minimum Gasteiger partial charge on any atom is -0.458 e. The van der Waals surface area contributed by atoms with Crippen molar-refractivity contribution < 1.29 is 38.8 Å². The van der Waals surface area contributed by atoms with Gasteiger partial charge in [-0.05, 0) is 31.6 Å². The third-order valence-corrected chi connectivity index (χ3v) is 5.14. The zero-order valence-electron chi connectivity index (χ0n) is 17.4. The first-order valence-corrected chi connectivity index (χ1v) is 9.70. The van der Waals surface area contributed by atoms with Crippen LogP contribution in [0.5, 0.6) is 0 Å². The van der Waals surface area contributed by atoms with Crippen molar-refractivity contribution in [2.24, 2.45) is 5.92 Å². The van der Waals surface area contributed by atoms with E-state index in [0.717, 1.165) is 5.57 Å². The van der Waals surface area contributed by atoms with E-state index in [1.54, 1.807) is 13.0 Å². The van der Waals surface area contributed by atoms with Gasteiger partial charge in [0.15, 0.2) is 0 Å². The van der Waals surface area contributed by atoms with Crippen molar-refractivity contribution in [2.75, 3.05) is 13.2 Å². The fraction of sp³-hybridized carbons (Fsp3) is 0.500. The highest BCUT2D eigenvalue weighted by Crippen LogP contribution is 2.36. The van der Waals surface area contributed by atoms with Gasteiger partial charge in [-0.15, -0.1) is 0 Å². The molecule has 2 aliphatic rings. The van der Waals surface area contributed by atoms with Crippen molar-refractivity contribution in [3.05, 3.63) is 47.1 Å². The number of esters is 3. The molecule has 30 heavy (non-hydrogen) atoms. The van der Waals surface area contributed by atoms with Crippen LogP contribution in [0.4, 0.5) is 0 Å². The van der Waals surface area contributed by atoms with E-state index in [1.165, 1.54) is 13.0 Å². The number of hydrogen-bond acceptors (Lipinski definition) is 8. The minimum atomic E-state index is -0.786. The number of carbonyl (C=O) groups is 3. The van der Waals surface area contributed by atoms with E-state index in [2.05, 4.69) is 6.58 Å². The molecule has 164 valence electrons. The summed E-state index contributed by atoms with van der Waals surface area (Å²) in [5, 5.41) is 18.4. The summed E-state index contributed by atoms with van der Waals surface area (Å²) in [5.74, 6) is -2.44. The second kappa shape index (κ2) is 10.4. The van der Waals surface area contributed by atoms with Crippen LogP contribution in [0, 0.1) is 5.92 Å². The number of ether oxygens (including phenoxy) is 3. The third-order valence-electron chi connectivity index (χ3n) is 5.14. The van der Waals surface area contributed by atoms with Crippen molar-refractivity contribution in [3.63, 3.8) is 0 Å². The number of carbonyl (C=O) groups excluding carboxylic acids is 3. The highest BCUT2D eigenvalue weighted by Gasteiger charge is 2.45. The van der Waals surface area contributed by atoms with Crippen LogP contribution >= 0.6 is 0 Å². The van der Waals surface area contributed by atoms with Gasteiger partial charge in [-0.1, -0.05) is 18.2 Å². The maximum atomic E-state index is 12.5. The first-order valence-electron chi connectivity index (χ1n) is 9.70. The molecule has 0 bridgehead atoms. The molecular formula is C22H28O8. The van der Waals surface area contributed by atoms with Crippen molar-refractivity contribution in [3.8, 4) is 0 Å². The van der Waals surface area contributed by atoms with Crippen molar-refractivity contribution in [1.29, 1.82) is 0 Å². The Labute approximate surface area is 175 Å². The molecule has 8 heteroatoms. The maximum Gasteiger partial charge on any atom is 0.336 e. The predicted molar refractivity (Wildman–Crippen MR) is 107 cm³/mol. The molecule has 0 aromatic rings. The molecule has 2 N–H and O–H groups in total. The molecule has 0 saturated carbocycles. The van der Waals surface area contributed by atoms with Crippen LogP contribution in [-0.2, 0) is 28.6 Å². The van der Waals surface area contributed by atoms with E-state index >= 15 is 0 Å². The van der Waals surface area contributed by atoms with Crippen LogP contribution in [0.15, 0.2) is 47.1 Å². The maximum absolute atomic E-state index is 12.5. The largest absolute Gasteiger partial charge is 0.458 e. The number of rotatable bonds is 5. The molecule has 4 unspecified atom stereocenters. The van der Waals surface area contributed by atoms with E-state index in [9.17, 15) is 19.5 Å². The lowest BCUT2D eigenvalue weighted by atomic mass is 9.85. The van der Waals surface area contributed by atoms with Gasteiger partial charge in [0, 0.05) is 25.3 Å². The summed E-state index contributed by atoms with van der Waals surface area (Å²) in [6, 6.07) is 0. The zero-order valence-corrected chi connectivity index (χ0v) is 17.4. The van der Waals surface area contributed by atoms with Gasteiger partial charge in [-0.25, -0.2) is 9.59 Å². The highest BCUT2D eigenvalue weighted by atomic mass is 16.6. The van der Waals surface area contributed by atoms with E-state index in [0.29, 0.717) is 18.4 Å². The second-order valence-corrected chi connectivity index (χ2v) is 7.43. The highest BCUT2D eigenvalue weighted by molar-refractivity contribution is 5.92. The smallest absolute Gasteiger partial charge is 0.336 e. The van der Waals surface area contributed by atoms with Gasteiger partial charge in [0.25, 0.3) is 0 Å². The first kappa shape index (κ1) is 23.6. The fourth-order valence-corrected chi connectivity index (χ4v) is 3.56. The third kappa shape index (κ3) is 5.67. The van der Waals surface area contributed by atoms with Crippen LogP contribution in [0.25, 0.3) is 0 Å². The molecular weight excluding hydrogens is 392 g/mol. The van der Waals surface area contributed by atoms with Crippen LogP contribution in [0.1, 0.15) is 33.6 Å². The fourth-order valence-electron chi connectivity index (χ4n) is 3.56. The van der Waals surface area contributed by atoms with Gasteiger partial charge >= 0.3 is 17.9 Å². The summed E-state index contributed by atoms with van der Waals surface area (Å²) >= 11 is 0. The number of aliphatic hydroxyl groups excluding tert-OH is 2. The lowest BCUT2D eigenvalue weighted by Gasteiger charge is -2.28. The Morgan fingerprint density at radius 1 is 1.30 bits per heavy atom. The number of hydrogen-bond donors (Lipinski definition) is 2. The summed E-state index contributed by atoms with van der Waals surface area (Å²) in [5.41, 5.74) is 1.67. The topological polar surface area (TPSA) is 119 Å². The molecule has 4 atom stereocenters. The molecule has 1 heterocycles. The Bertz CT molecular complexity index is 804. The summed E-state index contributed by atoms with van der Waals surface area (Å²) in [7, 11) is 0. The normalized spacial score (nSPS) is 30.9. The molecule has 0 spiro atoms. The SMILES string of the molecule is C=C1C(=O)OC2/C=C(\C)C(OC(C)=O)C/C=C(\C)CC(OC(=O)C(=CCO)CO)C12. The molecule has 0 aromatic carbocycles. The van der Waals surface area contributed by atoms with Gasteiger partial charge in [0.05, 0.1) is 24.7 Å². The molecule has 8 nitrogen and oxygen atoms in total. The Balaban J connectivity index is 2.42. The Hall–Kier alpha value is -2.71. The first-order chi connectivity index (χ1) is 14.2. The van der Waals surface area contributed by atoms with Gasteiger partial charge in [0.2, 0.25) is 0 Å². The molecule has 0 radical (unpaired) electrons. The van der Waals surface area contributed by atoms with E-state index in [-0.39, 0.29) is 11.1 Å². The Morgan fingerprint density at radius 3 is 2.60 bits per heavy atom. The van der Waals surface area contributed by atoms with E-state index in [1.807, 2.05) is 13.0 Å². The molecule has 1 aliphatic heterocycles. The van der Waals surface area contributed by atoms with E-state index in [4.69, 9.17) is 19.3 Å².